The van der Waals surface area contributed by atoms with Gasteiger partial charge >= 0.3 is 0 Å². The Labute approximate surface area is 99.5 Å². The molecule has 0 aliphatic rings. The smallest absolute Gasteiger partial charge is 0.244 e. The fourth-order valence-electron chi connectivity index (χ4n) is 1.08. The number of hydrogen-bond donors (Lipinski definition) is 1. The lowest BCUT2D eigenvalue weighted by Gasteiger charge is -1.98. The lowest BCUT2D eigenvalue weighted by Crippen LogP contribution is -2.12. The summed E-state index contributed by atoms with van der Waals surface area (Å²) in [5, 5.41) is 0.399. The van der Waals surface area contributed by atoms with Crippen LogP contribution in [0.2, 0.25) is 0 Å². The van der Waals surface area contributed by atoms with E-state index >= 15 is 0 Å². The molecule has 0 unspecified atom stereocenters. The van der Waals surface area contributed by atoms with E-state index in [1.165, 1.54) is 11.3 Å². The van der Waals surface area contributed by atoms with Crippen molar-refractivity contribution in [2.45, 2.75) is 0 Å². The van der Waals surface area contributed by atoms with Crippen molar-refractivity contribution in [3.8, 4) is 0 Å². The fraction of sp³-hybridized carbons (Fsp3) is 0.125. The Kier molecular flexibility index (Phi) is 2.94. The van der Waals surface area contributed by atoms with Crippen molar-refractivity contribution in [3.63, 3.8) is 0 Å². The normalized spacial score (nSPS) is 11.8. The van der Waals surface area contributed by atoms with Gasteiger partial charge in [-0.05, 0) is 12.1 Å². The van der Waals surface area contributed by atoms with Crippen LogP contribution >= 0.6 is 27.3 Å². The highest BCUT2D eigenvalue weighted by Crippen LogP contribution is 2.26. The lowest BCUT2D eigenvalue weighted by molar-refractivity contribution is 0.606. The third-order valence-corrected chi connectivity index (χ3v) is 5.36. The Morgan fingerprint density at radius 2 is 2.13 bits per heavy atom. The molecule has 7 heteroatoms. The highest BCUT2D eigenvalue weighted by atomic mass is 79.9. The molecule has 4 nitrogen and oxygen atoms in total. The minimum absolute atomic E-state index is 0.129. The largest absolute Gasteiger partial charge is 0.258 e. The van der Waals surface area contributed by atoms with Crippen molar-refractivity contribution in [2.24, 2.45) is 0 Å². The summed E-state index contributed by atoms with van der Waals surface area (Å²) in [7, 11) is -3.31. The van der Waals surface area contributed by atoms with E-state index in [0.717, 1.165) is 10.2 Å². The monoisotopic (exact) mass is 306 g/mol. The van der Waals surface area contributed by atoms with Gasteiger partial charge in [-0.25, -0.2) is 13.4 Å². The number of nitrogens with zero attached hydrogens (tertiary/aromatic N) is 1. The second-order valence-corrected chi connectivity index (χ2v) is 6.87. The van der Waals surface area contributed by atoms with Gasteiger partial charge in [0.1, 0.15) is 4.66 Å². The van der Waals surface area contributed by atoms with Crippen LogP contribution in [0, 0.1) is 0 Å². The molecule has 0 saturated heterocycles. The van der Waals surface area contributed by atoms with Crippen molar-refractivity contribution in [2.75, 3.05) is 9.38 Å². The summed E-state index contributed by atoms with van der Waals surface area (Å²) in [6, 6.07) is 7.50. The van der Waals surface area contributed by atoms with Crippen LogP contribution in [-0.2, 0) is 10.0 Å². The molecule has 1 heterocycles. The van der Waals surface area contributed by atoms with E-state index in [0.29, 0.717) is 5.13 Å². The first-order chi connectivity index (χ1) is 7.11. The van der Waals surface area contributed by atoms with Crippen molar-refractivity contribution in [3.05, 3.63) is 24.3 Å². The molecule has 0 radical (unpaired) electrons. The van der Waals surface area contributed by atoms with Crippen LogP contribution in [0.15, 0.2) is 24.3 Å². The maximum atomic E-state index is 11.3. The SMILES string of the molecule is O=S(=O)(CBr)Nc1nc2ccccc2s1. The van der Waals surface area contributed by atoms with Crippen LogP contribution in [0.3, 0.4) is 0 Å². The summed E-state index contributed by atoms with van der Waals surface area (Å²) in [6.45, 7) is 0. The van der Waals surface area contributed by atoms with Gasteiger partial charge in [-0.3, -0.25) is 4.72 Å². The van der Waals surface area contributed by atoms with Crippen molar-refractivity contribution >= 4 is 52.6 Å². The maximum absolute atomic E-state index is 11.3. The minimum atomic E-state index is -3.31. The zero-order chi connectivity index (χ0) is 10.9. The number of alkyl halides is 1. The summed E-state index contributed by atoms with van der Waals surface area (Å²) >= 11 is 4.22. The van der Waals surface area contributed by atoms with Crippen molar-refractivity contribution in [1.29, 1.82) is 0 Å². The molecular formula is C8H7BrN2O2S2. The summed E-state index contributed by atoms with van der Waals surface area (Å²) < 4.78 is 25.7. The molecule has 80 valence electrons. The Hall–Kier alpha value is -0.660. The Morgan fingerprint density at radius 3 is 2.80 bits per heavy atom. The van der Waals surface area contributed by atoms with E-state index in [2.05, 4.69) is 25.6 Å². The van der Waals surface area contributed by atoms with Crippen LogP contribution in [-0.4, -0.2) is 18.1 Å². The highest BCUT2D eigenvalue weighted by molar-refractivity contribution is 9.10. The second-order valence-electron chi connectivity index (χ2n) is 2.81. The van der Waals surface area contributed by atoms with Crippen molar-refractivity contribution < 1.29 is 8.42 Å². The van der Waals surface area contributed by atoms with Crippen LogP contribution < -0.4 is 4.72 Å². The number of halogens is 1. The van der Waals surface area contributed by atoms with Gasteiger partial charge in [0.2, 0.25) is 10.0 Å². The molecular weight excluding hydrogens is 300 g/mol. The summed E-state index contributed by atoms with van der Waals surface area (Å²) in [5.41, 5.74) is 0.801. The van der Waals surface area contributed by atoms with Gasteiger partial charge in [-0.1, -0.05) is 39.4 Å². The van der Waals surface area contributed by atoms with Gasteiger partial charge in [0, 0.05) is 0 Å². The van der Waals surface area contributed by atoms with Gasteiger partial charge in [0.25, 0.3) is 0 Å². The number of rotatable bonds is 3. The lowest BCUT2D eigenvalue weighted by atomic mass is 10.3. The quantitative estimate of drug-likeness (QED) is 0.886. The molecule has 0 aliphatic carbocycles. The minimum Gasteiger partial charge on any atom is -0.258 e. The third-order valence-electron chi connectivity index (χ3n) is 1.68. The molecule has 1 N–H and O–H groups in total. The maximum Gasteiger partial charge on any atom is 0.244 e. The van der Waals surface area contributed by atoms with Crippen LogP contribution in [0.25, 0.3) is 10.2 Å². The standard InChI is InChI=1S/C8H7BrN2O2S2/c9-5-15(12,13)11-8-10-6-3-1-2-4-7(6)14-8/h1-4H,5H2,(H,10,11). The summed E-state index contributed by atoms with van der Waals surface area (Å²) in [6.07, 6.45) is 0. The van der Waals surface area contributed by atoms with Crippen LogP contribution in [0.5, 0.6) is 0 Å². The third kappa shape index (κ3) is 2.47. The van der Waals surface area contributed by atoms with Gasteiger partial charge < -0.3 is 0 Å². The molecule has 1 aromatic carbocycles. The number of fused-ring (bicyclic) bond motifs is 1. The van der Waals surface area contributed by atoms with Crippen LogP contribution in [0.1, 0.15) is 0 Å². The molecule has 0 amide bonds. The van der Waals surface area contributed by atoms with Gasteiger partial charge in [0.05, 0.1) is 10.2 Å². The molecule has 15 heavy (non-hydrogen) atoms. The first-order valence-corrected chi connectivity index (χ1v) is 7.62. The summed E-state index contributed by atoms with van der Waals surface area (Å²) in [4.78, 5) is 4.15. The van der Waals surface area contributed by atoms with E-state index in [-0.39, 0.29) is 4.66 Å². The zero-order valence-corrected chi connectivity index (χ0v) is 10.7. The number of hydrogen-bond acceptors (Lipinski definition) is 4. The van der Waals surface area contributed by atoms with Gasteiger partial charge in [0.15, 0.2) is 5.13 Å². The van der Waals surface area contributed by atoms with Gasteiger partial charge in [-0.15, -0.1) is 0 Å². The first kappa shape index (κ1) is 10.8. The van der Waals surface area contributed by atoms with E-state index < -0.39 is 10.0 Å². The predicted octanol–water partition coefficient (Wildman–Crippen LogP) is 2.39. The Bertz CT molecular complexity index is 546. The molecule has 0 atom stereocenters. The van der Waals surface area contributed by atoms with E-state index in [1.54, 1.807) is 0 Å². The number of benzene rings is 1. The van der Waals surface area contributed by atoms with E-state index in [9.17, 15) is 8.42 Å². The average Bonchev–Trinajstić information content (AvgIpc) is 2.58. The number of anilines is 1. The predicted molar refractivity (Wildman–Crippen MR) is 66.0 cm³/mol. The molecule has 0 saturated carbocycles. The topological polar surface area (TPSA) is 59.1 Å². The Morgan fingerprint density at radius 1 is 1.40 bits per heavy atom. The van der Waals surface area contributed by atoms with Crippen LogP contribution in [0.4, 0.5) is 5.13 Å². The average molecular weight is 307 g/mol. The number of para-hydroxylation sites is 1. The number of nitrogens with one attached hydrogen (secondary N) is 1. The molecule has 2 aromatic rings. The number of thiazole rings is 1. The number of aromatic nitrogens is 1. The molecule has 1 aromatic heterocycles. The molecule has 0 bridgehead atoms. The molecule has 2 rings (SSSR count). The molecule has 0 fully saturated rings. The number of sulfonamides is 1. The Balaban J connectivity index is 2.38. The zero-order valence-electron chi connectivity index (χ0n) is 7.47. The molecule has 0 aliphatic heterocycles. The fourth-order valence-corrected chi connectivity index (χ4v) is 3.05. The molecule has 0 spiro atoms. The van der Waals surface area contributed by atoms with E-state index in [1.807, 2.05) is 24.3 Å². The summed E-state index contributed by atoms with van der Waals surface area (Å²) in [5.74, 6) is 0. The van der Waals surface area contributed by atoms with E-state index in [4.69, 9.17) is 0 Å². The second kappa shape index (κ2) is 4.07. The highest BCUT2D eigenvalue weighted by Gasteiger charge is 2.11. The van der Waals surface area contributed by atoms with Crippen molar-refractivity contribution in [1.82, 2.24) is 4.98 Å². The first-order valence-electron chi connectivity index (χ1n) is 4.03. The van der Waals surface area contributed by atoms with Gasteiger partial charge in [-0.2, -0.15) is 0 Å².